The van der Waals surface area contributed by atoms with E-state index >= 15 is 8.78 Å². The van der Waals surface area contributed by atoms with Crippen LogP contribution in [-0.4, -0.2) is 29.3 Å². The third-order valence-corrected chi connectivity index (χ3v) is 7.64. The van der Waals surface area contributed by atoms with Crippen LogP contribution in [0, 0.1) is 5.92 Å². The fraction of sp³-hybridized carbons (Fsp3) is 0.267. The van der Waals surface area contributed by atoms with Gasteiger partial charge in [-0.3, -0.25) is 5.73 Å². The molecule has 1 fully saturated rings. The molecule has 0 aliphatic heterocycles. The molecule has 4 N–H and O–H groups in total. The van der Waals surface area contributed by atoms with Crippen LogP contribution in [0.25, 0.3) is 16.7 Å². The molecule has 5 rings (SSSR count). The zero-order valence-corrected chi connectivity index (χ0v) is 21.5. The summed E-state index contributed by atoms with van der Waals surface area (Å²) < 4.78 is 99.9. The summed E-state index contributed by atoms with van der Waals surface area (Å²) in [5.41, 5.74) is 13.1. The van der Waals surface area contributed by atoms with Gasteiger partial charge in [-0.25, -0.2) is 0 Å². The average Bonchev–Trinajstić information content (AvgIpc) is 2.92. The summed E-state index contributed by atoms with van der Waals surface area (Å²) >= 11 is 0. The molecule has 0 aromatic heterocycles. The summed E-state index contributed by atoms with van der Waals surface area (Å²) in [6, 6.07) is 20.4. The molecule has 0 bridgehead atoms. The molecule has 4 atom stereocenters. The summed E-state index contributed by atoms with van der Waals surface area (Å²) in [6.07, 6.45) is 2.46. The number of hydrogen-bond acceptors (Lipinski definition) is 4. The highest BCUT2D eigenvalue weighted by Gasteiger charge is 3.03. The highest BCUT2D eigenvalue weighted by atomic mass is 19.3. The van der Waals surface area contributed by atoms with E-state index in [0.717, 1.165) is 23.8 Å². The van der Waals surface area contributed by atoms with Crippen LogP contribution in [0.2, 0.25) is 0 Å². The Morgan fingerprint density at radius 3 is 1.80 bits per heavy atom. The highest BCUT2D eigenvalue weighted by Crippen LogP contribution is 2.69. The first kappa shape index (κ1) is 27.8. The monoisotopic (exact) mass is 560 g/mol. The van der Waals surface area contributed by atoms with E-state index in [1.807, 2.05) is 0 Å². The van der Waals surface area contributed by atoms with Crippen LogP contribution in [0.3, 0.4) is 0 Å². The van der Waals surface area contributed by atoms with E-state index in [-0.39, 0.29) is 0 Å². The molecule has 4 nitrogen and oxygen atoms in total. The second-order valence-corrected chi connectivity index (χ2v) is 10.1. The number of ether oxygens (including phenoxy) is 2. The van der Waals surface area contributed by atoms with Gasteiger partial charge in [0.05, 0.1) is 0 Å². The van der Waals surface area contributed by atoms with Gasteiger partial charge in [0, 0.05) is 11.6 Å². The van der Waals surface area contributed by atoms with Crippen molar-refractivity contribution in [2.45, 2.75) is 43.1 Å². The fourth-order valence-corrected chi connectivity index (χ4v) is 4.93. The van der Waals surface area contributed by atoms with Crippen molar-refractivity contribution < 1.29 is 35.8 Å². The van der Waals surface area contributed by atoms with Crippen molar-refractivity contribution in [3.05, 3.63) is 102 Å². The predicted octanol–water partition coefficient (Wildman–Crippen LogP) is 7.28. The molecule has 4 unspecified atom stereocenters. The highest BCUT2D eigenvalue weighted by molar-refractivity contribution is 5.78. The number of halogens is 6. The lowest BCUT2D eigenvalue weighted by Crippen LogP contribution is -2.90. The first-order chi connectivity index (χ1) is 18.7. The minimum absolute atomic E-state index is 0.498. The third kappa shape index (κ3) is 3.84. The summed E-state index contributed by atoms with van der Waals surface area (Å²) in [6.45, 7) is 3.05. The van der Waals surface area contributed by atoms with Crippen LogP contribution in [0.15, 0.2) is 96.6 Å². The van der Waals surface area contributed by atoms with Gasteiger partial charge in [-0.2, -0.15) is 26.3 Å². The molecule has 1 saturated carbocycles. The van der Waals surface area contributed by atoms with Crippen LogP contribution < -0.4 is 16.2 Å². The molecule has 0 heterocycles. The Labute approximate surface area is 226 Å². The van der Waals surface area contributed by atoms with Gasteiger partial charge < -0.3 is 15.2 Å². The smallest absolute Gasteiger partial charge is 0.390 e. The molecular formula is C30H26F6N2O2. The van der Waals surface area contributed by atoms with Crippen LogP contribution in [0.5, 0.6) is 5.75 Å². The number of nitrogens with two attached hydrogens (primary N) is 2. The predicted molar refractivity (Wildman–Crippen MR) is 140 cm³/mol. The van der Waals surface area contributed by atoms with Gasteiger partial charge in [0.2, 0.25) is 0 Å². The van der Waals surface area contributed by atoms with E-state index in [2.05, 4.69) is 4.74 Å². The molecule has 2 aliphatic rings. The molecule has 0 amide bonds. The van der Waals surface area contributed by atoms with Crippen molar-refractivity contribution in [2.75, 3.05) is 5.73 Å². The molecular weight excluding hydrogens is 534 g/mol. The van der Waals surface area contributed by atoms with Gasteiger partial charge >= 0.3 is 23.6 Å². The molecule has 0 radical (unpaired) electrons. The lowest BCUT2D eigenvalue weighted by Gasteiger charge is -2.58. The zero-order chi connectivity index (χ0) is 29.1. The number of hydrogen-bond donors (Lipinski definition) is 2. The Balaban J connectivity index is 1.45. The van der Waals surface area contributed by atoms with E-state index in [9.17, 15) is 17.6 Å². The maximum absolute atomic E-state index is 16.0. The van der Waals surface area contributed by atoms with Crippen LogP contribution in [0.4, 0.5) is 32.0 Å². The maximum atomic E-state index is 16.0. The second-order valence-electron chi connectivity index (χ2n) is 10.1. The number of alkyl halides is 6. The summed E-state index contributed by atoms with van der Waals surface area (Å²) in [4.78, 5) is 0. The summed E-state index contributed by atoms with van der Waals surface area (Å²) in [5, 5.41) is 0. The molecule has 0 spiro atoms. The van der Waals surface area contributed by atoms with Crippen LogP contribution in [0.1, 0.15) is 19.4 Å². The van der Waals surface area contributed by atoms with E-state index in [0.29, 0.717) is 28.0 Å². The van der Waals surface area contributed by atoms with Crippen molar-refractivity contribution >= 4 is 11.3 Å². The summed E-state index contributed by atoms with van der Waals surface area (Å²) in [5.74, 6) is -22.6. The van der Waals surface area contributed by atoms with Gasteiger partial charge in [-0.15, -0.1) is 0 Å². The van der Waals surface area contributed by atoms with Gasteiger partial charge in [0.1, 0.15) is 11.5 Å². The Morgan fingerprint density at radius 2 is 1.23 bits per heavy atom. The number of anilines is 1. The van der Waals surface area contributed by atoms with Crippen molar-refractivity contribution in [3.8, 4) is 16.9 Å². The Bertz CT molecular complexity index is 1480. The van der Waals surface area contributed by atoms with Crippen LogP contribution >= 0.6 is 0 Å². The second kappa shape index (κ2) is 9.14. The minimum Gasteiger partial charge on any atom is -0.448 e. The quantitative estimate of drug-likeness (QED) is 0.189. The lowest BCUT2D eigenvalue weighted by atomic mass is 9.74. The average molecular weight is 561 g/mol. The van der Waals surface area contributed by atoms with Crippen molar-refractivity contribution in [1.82, 2.24) is 0 Å². The van der Waals surface area contributed by atoms with Crippen molar-refractivity contribution in [2.24, 2.45) is 11.7 Å². The van der Waals surface area contributed by atoms with Crippen molar-refractivity contribution in [3.63, 3.8) is 0 Å². The Morgan fingerprint density at radius 1 is 0.700 bits per heavy atom. The van der Waals surface area contributed by atoms with E-state index < -0.39 is 40.9 Å². The number of rotatable bonds is 6. The van der Waals surface area contributed by atoms with Crippen molar-refractivity contribution in [1.29, 1.82) is 0 Å². The van der Waals surface area contributed by atoms with Gasteiger partial charge in [-0.1, -0.05) is 73.2 Å². The zero-order valence-electron chi connectivity index (χ0n) is 21.5. The van der Waals surface area contributed by atoms with E-state index in [4.69, 9.17) is 16.2 Å². The fourth-order valence-electron chi connectivity index (χ4n) is 4.93. The molecule has 3 aromatic rings. The maximum Gasteiger partial charge on any atom is 0.390 e. The van der Waals surface area contributed by atoms with Gasteiger partial charge in [0.15, 0.2) is 0 Å². The van der Waals surface area contributed by atoms with Crippen LogP contribution in [-0.2, 0) is 4.74 Å². The normalized spacial score (nSPS) is 30.6. The standard InChI is InChI=1S/C30H26F6N2O2/c1-18-19(2)26(38,17-16-25(18)22-6-4-3-5-7-22)40-30(36)28(33,34)27(31,32)29(30,35)39-24-14-10-21(11-15-24)20-8-12-23(37)13-9-20/h3-17,19H,37-38H2,1-2H3. The molecule has 10 heteroatoms. The molecule has 0 saturated heterocycles. The summed E-state index contributed by atoms with van der Waals surface area (Å²) in [7, 11) is 0. The molecule has 210 valence electrons. The minimum atomic E-state index is -5.60. The number of benzene rings is 3. The largest absolute Gasteiger partial charge is 0.448 e. The lowest BCUT2D eigenvalue weighted by molar-refractivity contribution is -0.552. The topological polar surface area (TPSA) is 70.5 Å². The SMILES string of the molecule is CC1=C(c2ccccc2)C=CC(N)(OC2(F)C(F)(F)C(F)(F)C2(F)Oc2ccc(-c3ccc(N)cc3)cc2)C1C. The van der Waals surface area contributed by atoms with E-state index in [1.165, 1.54) is 25.1 Å². The van der Waals surface area contributed by atoms with Gasteiger partial charge in [-0.05, 0) is 59.5 Å². The van der Waals surface area contributed by atoms with Gasteiger partial charge in [0.25, 0.3) is 0 Å². The molecule has 2 aliphatic carbocycles. The first-order valence-corrected chi connectivity index (χ1v) is 12.4. The number of nitrogen functional groups attached to an aromatic ring is 1. The Kier molecular flexibility index (Phi) is 6.35. The number of allylic oxidation sites excluding steroid dienone is 2. The third-order valence-electron chi connectivity index (χ3n) is 7.64. The Hall–Kier alpha value is -3.76. The first-order valence-electron chi connectivity index (χ1n) is 12.4. The van der Waals surface area contributed by atoms with E-state index in [1.54, 1.807) is 61.5 Å². The molecule has 3 aromatic carbocycles. The molecule has 40 heavy (non-hydrogen) atoms.